The van der Waals surface area contributed by atoms with E-state index in [0.29, 0.717) is 11.8 Å². The molecule has 0 saturated heterocycles. The molecule has 0 amide bonds. The van der Waals surface area contributed by atoms with Crippen molar-refractivity contribution in [3.8, 4) is 17.1 Å². The van der Waals surface area contributed by atoms with Gasteiger partial charge in [-0.25, -0.2) is 9.37 Å². The van der Waals surface area contributed by atoms with Crippen molar-refractivity contribution < 1.29 is 13.5 Å². The van der Waals surface area contributed by atoms with Gasteiger partial charge in [-0.1, -0.05) is 0 Å². The summed E-state index contributed by atoms with van der Waals surface area (Å²) < 4.78 is 23.6. The Balaban J connectivity index is 1.76. The van der Waals surface area contributed by atoms with E-state index >= 15 is 0 Å². The Labute approximate surface area is 121 Å². The third-order valence-electron chi connectivity index (χ3n) is 2.98. The summed E-state index contributed by atoms with van der Waals surface area (Å²) in [4.78, 5) is 4.15. The molecule has 0 unspecified atom stereocenters. The van der Waals surface area contributed by atoms with E-state index in [0.717, 1.165) is 17.0 Å². The molecule has 0 radical (unpaired) electrons. The van der Waals surface area contributed by atoms with E-state index in [1.165, 1.54) is 12.1 Å². The molecule has 4 nitrogen and oxygen atoms in total. The van der Waals surface area contributed by atoms with Gasteiger partial charge in [-0.15, -0.1) is 0 Å². The fourth-order valence-corrected chi connectivity index (χ4v) is 1.88. The minimum atomic E-state index is -0.283. The van der Waals surface area contributed by atoms with E-state index in [2.05, 4.69) is 10.3 Å². The molecule has 5 heteroatoms. The number of halogens is 1. The first-order valence-electron chi connectivity index (χ1n) is 6.37. The topological polar surface area (TPSA) is 47.3 Å². The van der Waals surface area contributed by atoms with Crippen LogP contribution < -0.4 is 10.1 Å². The molecule has 106 valence electrons. The molecular formula is C16H13FN2O2. The lowest BCUT2D eigenvalue weighted by Gasteiger charge is -2.03. The number of methoxy groups -OCH3 is 1. The van der Waals surface area contributed by atoms with Crippen molar-refractivity contribution in [2.24, 2.45) is 0 Å². The highest BCUT2D eigenvalue weighted by molar-refractivity contribution is 5.59. The van der Waals surface area contributed by atoms with Crippen molar-refractivity contribution in [3.63, 3.8) is 0 Å². The van der Waals surface area contributed by atoms with Crippen LogP contribution >= 0.6 is 0 Å². The Bertz CT molecular complexity index is 721. The van der Waals surface area contributed by atoms with Crippen LogP contribution in [0.4, 0.5) is 16.1 Å². The monoisotopic (exact) mass is 284 g/mol. The van der Waals surface area contributed by atoms with Gasteiger partial charge in [0.1, 0.15) is 11.6 Å². The third kappa shape index (κ3) is 3.02. The standard InChI is InChI=1S/C16H13FN2O2/c1-20-14-8-6-13(7-9-14)19-16-18-10-15(21-16)11-2-4-12(17)5-3-11/h2-10H,1H3,(H,18,19). The van der Waals surface area contributed by atoms with Gasteiger partial charge in [0.25, 0.3) is 6.01 Å². The van der Waals surface area contributed by atoms with Crippen LogP contribution in [0, 0.1) is 5.82 Å². The van der Waals surface area contributed by atoms with Crippen LogP contribution in [-0.4, -0.2) is 12.1 Å². The van der Waals surface area contributed by atoms with Crippen molar-refractivity contribution in [2.75, 3.05) is 12.4 Å². The second kappa shape index (κ2) is 5.66. The maximum Gasteiger partial charge on any atom is 0.299 e. The molecule has 0 spiro atoms. The molecule has 1 N–H and O–H groups in total. The van der Waals surface area contributed by atoms with Gasteiger partial charge in [0, 0.05) is 11.3 Å². The summed E-state index contributed by atoms with van der Waals surface area (Å²) >= 11 is 0. The number of anilines is 2. The average molecular weight is 284 g/mol. The summed E-state index contributed by atoms with van der Waals surface area (Å²) in [5.74, 6) is 1.07. The zero-order valence-electron chi connectivity index (χ0n) is 11.3. The molecule has 3 aromatic rings. The lowest BCUT2D eigenvalue weighted by Crippen LogP contribution is -1.90. The summed E-state index contributed by atoms with van der Waals surface area (Å²) in [5, 5.41) is 3.05. The highest BCUT2D eigenvalue weighted by Gasteiger charge is 2.07. The van der Waals surface area contributed by atoms with Gasteiger partial charge < -0.3 is 14.5 Å². The smallest absolute Gasteiger partial charge is 0.299 e. The van der Waals surface area contributed by atoms with Crippen LogP contribution in [0.15, 0.2) is 59.1 Å². The fourth-order valence-electron chi connectivity index (χ4n) is 1.88. The lowest BCUT2D eigenvalue weighted by molar-refractivity contribution is 0.415. The van der Waals surface area contributed by atoms with E-state index in [1.807, 2.05) is 24.3 Å². The average Bonchev–Trinajstić information content (AvgIpc) is 2.97. The largest absolute Gasteiger partial charge is 0.497 e. The number of rotatable bonds is 4. The predicted molar refractivity (Wildman–Crippen MR) is 78.2 cm³/mol. The number of benzene rings is 2. The van der Waals surface area contributed by atoms with Crippen LogP contribution in [-0.2, 0) is 0 Å². The zero-order valence-corrected chi connectivity index (χ0v) is 11.3. The molecule has 0 saturated carbocycles. The fraction of sp³-hybridized carbons (Fsp3) is 0.0625. The first-order chi connectivity index (χ1) is 10.2. The number of ether oxygens (including phenoxy) is 1. The van der Waals surface area contributed by atoms with E-state index in [4.69, 9.17) is 9.15 Å². The number of nitrogens with one attached hydrogen (secondary N) is 1. The van der Waals surface area contributed by atoms with Crippen LogP contribution in [0.25, 0.3) is 11.3 Å². The zero-order chi connectivity index (χ0) is 14.7. The van der Waals surface area contributed by atoms with E-state index in [-0.39, 0.29) is 5.82 Å². The second-order valence-corrected chi connectivity index (χ2v) is 4.39. The maximum atomic E-state index is 12.9. The highest BCUT2D eigenvalue weighted by Crippen LogP contribution is 2.25. The lowest BCUT2D eigenvalue weighted by atomic mass is 10.2. The minimum Gasteiger partial charge on any atom is -0.497 e. The van der Waals surface area contributed by atoms with Gasteiger partial charge in [0.2, 0.25) is 0 Å². The van der Waals surface area contributed by atoms with Crippen LogP contribution in [0.2, 0.25) is 0 Å². The number of nitrogens with zero attached hydrogens (tertiary/aromatic N) is 1. The summed E-state index contributed by atoms with van der Waals surface area (Å²) in [5.41, 5.74) is 1.61. The molecule has 21 heavy (non-hydrogen) atoms. The van der Waals surface area contributed by atoms with Crippen molar-refractivity contribution in [1.82, 2.24) is 4.98 Å². The molecule has 2 aromatic carbocycles. The number of oxazole rings is 1. The Morgan fingerprint density at radius 1 is 1.05 bits per heavy atom. The molecule has 0 aliphatic carbocycles. The SMILES string of the molecule is COc1ccc(Nc2ncc(-c3ccc(F)cc3)o2)cc1. The molecule has 0 aliphatic rings. The second-order valence-electron chi connectivity index (χ2n) is 4.39. The van der Waals surface area contributed by atoms with Crippen LogP contribution in [0.1, 0.15) is 0 Å². The van der Waals surface area contributed by atoms with Gasteiger partial charge in [0.05, 0.1) is 13.3 Å². The Kier molecular flexibility index (Phi) is 3.55. The summed E-state index contributed by atoms with van der Waals surface area (Å²) in [6.07, 6.45) is 1.60. The highest BCUT2D eigenvalue weighted by atomic mass is 19.1. The molecule has 0 fully saturated rings. The minimum absolute atomic E-state index is 0.283. The Hall–Kier alpha value is -2.82. The normalized spacial score (nSPS) is 10.4. The van der Waals surface area contributed by atoms with E-state index < -0.39 is 0 Å². The van der Waals surface area contributed by atoms with Gasteiger partial charge in [-0.05, 0) is 48.5 Å². The summed E-state index contributed by atoms with van der Waals surface area (Å²) in [7, 11) is 1.62. The van der Waals surface area contributed by atoms with Crippen molar-refractivity contribution in [2.45, 2.75) is 0 Å². The molecular weight excluding hydrogens is 271 g/mol. The molecule has 3 rings (SSSR count). The number of aromatic nitrogens is 1. The first-order valence-corrected chi connectivity index (χ1v) is 6.37. The number of hydrogen-bond acceptors (Lipinski definition) is 4. The van der Waals surface area contributed by atoms with Crippen molar-refractivity contribution >= 4 is 11.7 Å². The molecule has 0 aliphatic heterocycles. The van der Waals surface area contributed by atoms with E-state index in [9.17, 15) is 4.39 Å². The van der Waals surface area contributed by atoms with E-state index in [1.54, 1.807) is 25.4 Å². The summed E-state index contributed by atoms with van der Waals surface area (Å²) in [6, 6.07) is 13.8. The molecule has 0 bridgehead atoms. The molecule has 1 aromatic heterocycles. The summed E-state index contributed by atoms with van der Waals surface area (Å²) in [6.45, 7) is 0. The van der Waals surface area contributed by atoms with Gasteiger partial charge in [0.15, 0.2) is 5.76 Å². The third-order valence-corrected chi connectivity index (χ3v) is 2.98. The Morgan fingerprint density at radius 3 is 2.43 bits per heavy atom. The van der Waals surface area contributed by atoms with Crippen molar-refractivity contribution in [1.29, 1.82) is 0 Å². The van der Waals surface area contributed by atoms with Gasteiger partial charge in [-0.2, -0.15) is 0 Å². The molecule has 1 heterocycles. The maximum absolute atomic E-state index is 12.9. The quantitative estimate of drug-likeness (QED) is 0.778. The van der Waals surface area contributed by atoms with Crippen molar-refractivity contribution in [3.05, 3.63) is 60.5 Å². The predicted octanol–water partition coefficient (Wildman–Crippen LogP) is 4.23. The number of hydrogen-bond donors (Lipinski definition) is 1. The Morgan fingerprint density at radius 2 is 1.76 bits per heavy atom. The van der Waals surface area contributed by atoms with Crippen LogP contribution in [0.3, 0.4) is 0 Å². The van der Waals surface area contributed by atoms with Gasteiger partial charge >= 0.3 is 0 Å². The van der Waals surface area contributed by atoms with Crippen LogP contribution in [0.5, 0.6) is 5.75 Å². The molecule has 0 atom stereocenters. The first kappa shape index (κ1) is 13.2. The van der Waals surface area contributed by atoms with Gasteiger partial charge in [-0.3, -0.25) is 0 Å².